The number of carbonyl (C=O) groups excluding carboxylic acids is 2. The van der Waals surface area contributed by atoms with E-state index < -0.39 is 64.1 Å². The van der Waals surface area contributed by atoms with Crippen molar-refractivity contribution in [1.82, 2.24) is 10.3 Å². The molecule has 0 radical (unpaired) electrons. The summed E-state index contributed by atoms with van der Waals surface area (Å²) in [5.41, 5.74) is -2.49. The summed E-state index contributed by atoms with van der Waals surface area (Å²) in [4.78, 5) is 27.8. The van der Waals surface area contributed by atoms with E-state index in [1.807, 2.05) is 10.6 Å². The molecule has 0 saturated carbocycles. The molecule has 3 rings (SSSR count). The summed E-state index contributed by atoms with van der Waals surface area (Å²) in [5.74, 6) is -2.75. The molecule has 2 aromatic carbocycles. The predicted molar refractivity (Wildman–Crippen MR) is 113 cm³/mol. The zero-order valence-electron chi connectivity index (χ0n) is 19.5. The van der Waals surface area contributed by atoms with Gasteiger partial charge in [0.2, 0.25) is 0 Å². The molecular formula is C21H15ClF4N4O3. The summed E-state index contributed by atoms with van der Waals surface area (Å²) < 4.78 is 83.4. The van der Waals surface area contributed by atoms with Crippen molar-refractivity contribution in [1.29, 1.82) is 0 Å². The average Bonchev–Trinajstić information content (AvgIpc) is 2.83. The second-order valence-electron chi connectivity index (χ2n) is 6.22. The zero-order chi connectivity index (χ0) is 26.8. The lowest BCUT2D eigenvalue weighted by Crippen LogP contribution is -2.20. The number of alkyl halides is 3. The van der Waals surface area contributed by atoms with Crippen LogP contribution in [0.4, 0.5) is 33.7 Å². The number of rotatable bonds is 5. The van der Waals surface area contributed by atoms with Crippen molar-refractivity contribution in [2.24, 2.45) is 0 Å². The van der Waals surface area contributed by atoms with Crippen LogP contribution >= 0.6 is 11.6 Å². The Morgan fingerprint density at radius 3 is 2.58 bits per heavy atom. The summed E-state index contributed by atoms with van der Waals surface area (Å²) in [7, 11) is 1.37. The lowest BCUT2D eigenvalue weighted by atomic mass is 10.2. The van der Waals surface area contributed by atoms with Crippen LogP contribution in [0.25, 0.3) is 0 Å². The SMILES string of the molecule is [2H]c1c([2H])c(Oc2ccnc(C(=O)NC)c2)c([2H])c(F)c1NC(=O)Nc1ccc(Cl)c(C(F)(F)F)c1. The van der Waals surface area contributed by atoms with Crippen molar-refractivity contribution in [2.75, 3.05) is 17.7 Å². The highest BCUT2D eigenvalue weighted by Crippen LogP contribution is 2.36. The van der Waals surface area contributed by atoms with Gasteiger partial charge in [-0.15, -0.1) is 0 Å². The molecule has 0 aliphatic rings. The first-order chi connectivity index (χ1) is 16.8. The van der Waals surface area contributed by atoms with Crippen molar-refractivity contribution in [2.45, 2.75) is 6.18 Å². The van der Waals surface area contributed by atoms with E-state index in [4.69, 9.17) is 20.5 Å². The molecule has 0 bridgehead atoms. The van der Waals surface area contributed by atoms with E-state index in [2.05, 4.69) is 10.3 Å². The number of hydrogen-bond acceptors (Lipinski definition) is 4. The Bertz CT molecular complexity index is 1330. The molecule has 3 aromatic rings. The fourth-order valence-electron chi connectivity index (χ4n) is 2.45. The molecule has 1 heterocycles. The Labute approximate surface area is 193 Å². The lowest BCUT2D eigenvalue weighted by molar-refractivity contribution is -0.137. The van der Waals surface area contributed by atoms with E-state index >= 15 is 0 Å². The Balaban J connectivity index is 1.87. The highest BCUT2D eigenvalue weighted by Gasteiger charge is 2.33. The number of hydrogen-bond donors (Lipinski definition) is 3. The highest BCUT2D eigenvalue weighted by molar-refractivity contribution is 6.31. The van der Waals surface area contributed by atoms with Gasteiger partial charge in [0.15, 0.2) is 0 Å². The molecule has 7 nitrogen and oxygen atoms in total. The molecule has 3 amide bonds. The van der Waals surface area contributed by atoms with Gasteiger partial charge < -0.3 is 20.7 Å². The number of nitrogens with one attached hydrogen (secondary N) is 3. The molecule has 1 aromatic heterocycles. The van der Waals surface area contributed by atoms with Crippen LogP contribution in [0.3, 0.4) is 0 Å². The lowest BCUT2D eigenvalue weighted by Gasteiger charge is -2.13. The van der Waals surface area contributed by atoms with Gasteiger partial charge in [-0.05, 0) is 36.4 Å². The Hall–Kier alpha value is -3.86. The third-order valence-corrected chi connectivity index (χ3v) is 4.25. The molecule has 12 heteroatoms. The van der Waals surface area contributed by atoms with Crippen LogP contribution in [0.15, 0.2) is 54.7 Å². The number of anilines is 2. The third kappa shape index (κ3) is 6.10. The summed E-state index contributed by atoms with van der Waals surface area (Å²) in [6.45, 7) is 0. The van der Waals surface area contributed by atoms with Crippen LogP contribution in [0.5, 0.6) is 11.5 Å². The predicted octanol–water partition coefficient (Wildman–Crippen LogP) is 5.69. The standard InChI is InChI=1S/C21H15ClF4N4O3/c1-27-19(31)18-10-13(6-7-28-18)33-12-3-5-17(16(23)9-12)30-20(32)29-11-2-4-15(22)14(8-11)21(24,25)26/h2-10H,1H3,(H,27,31)(H2,29,30,32)/i3D,5D,9D. The normalized spacial score (nSPS) is 12.2. The highest BCUT2D eigenvalue weighted by atomic mass is 35.5. The van der Waals surface area contributed by atoms with Crippen molar-refractivity contribution in [3.63, 3.8) is 0 Å². The van der Waals surface area contributed by atoms with Crippen LogP contribution in [-0.4, -0.2) is 24.0 Å². The van der Waals surface area contributed by atoms with Crippen LogP contribution in [0.2, 0.25) is 5.02 Å². The first-order valence-electron chi connectivity index (χ1n) is 10.4. The number of aromatic nitrogens is 1. The fraction of sp³-hybridized carbons (Fsp3) is 0.0952. The minimum Gasteiger partial charge on any atom is -0.457 e. The van der Waals surface area contributed by atoms with Crippen molar-refractivity contribution >= 4 is 34.9 Å². The second kappa shape index (κ2) is 9.74. The molecule has 33 heavy (non-hydrogen) atoms. The van der Waals surface area contributed by atoms with Gasteiger partial charge in [0, 0.05) is 31.0 Å². The zero-order valence-corrected chi connectivity index (χ0v) is 17.3. The average molecular weight is 486 g/mol. The van der Waals surface area contributed by atoms with Gasteiger partial charge in [-0.25, -0.2) is 9.18 Å². The first-order valence-corrected chi connectivity index (χ1v) is 9.31. The molecule has 172 valence electrons. The van der Waals surface area contributed by atoms with Crippen molar-refractivity contribution < 1.29 is 36.0 Å². The Morgan fingerprint density at radius 1 is 1.12 bits per heavy atom. The second-order valence-corrected chi connectivity index (χ2v) is 6.63. The van der Waals surface area contributed by atoms with Crippen LogP contribution in [-0.2, 0) is 6.18 Å². The largest absolute Gasteiger partial charge is 0.457 e. The molecule has 0 fully saturated rings. The number of carbonyl (C=O) groups is 2. The topological polar surface area (TPSA) is 92.3 Å². The van der Waals surface area contributed by atoms with Gasteiger partial charge in [-0.2, -0.15) is 13.2 Å². The molecule has 0 saturated heterocycles. The molecule has 0 spiro atoms. The van der Waals surface area contributed by atoms with E-state index in [9.17, 15) is 27.2 Å². The van der Waals surface area contributed by atoms with Crippen LogP contribution in [0.1, 0.15) is 20.2 Å². The number of nitrogens with zero attached hydrogens (tertiary/aromatic N) is 1. The number of benzene rings is 2. The number of ether oxygens (including phenoxy) is 1. The number of urea groups is 1. The maximum Gasteiger partial charge on any atom is 0.417 e. The molecule has 0 aliphatic carbocycles. The maximum absolute atomic E-state index is 14.9. The Morgan fingerprint density at radius 2 is 1.88 bits per heavy atom. The quantitative estimate of drug-likeness (QED) is 0.405. The number of pyridine rings is 1. The fourth-order valence-corrected chi connectivity index (χ4v) is 2.67. The monoisotopic (exact) mass is 485 g/mol. The van der Waals surface area contributed by atoms with E-state index in [-0.39, 0.29) is 17.1 Å². The Kier molecular flexibility index (Phi) is 5.84. The molecule has 0 atom stereocenters. The summed E-state index contributed by atoms with van der Waals surface area (Å²) >= 11 is 5.53. The van der Waals surface area contributed by atoms with Gasteiger partial charge in [-0.3, -0.25) is 9.78 Å². The van der Waals surface area contributed by atoms with Gasteiger partial charge in [0.25, 0.3) is 5.91 Å². The third-order valence-electron chi connectivity index (χ3n) is 3.92. The molecule has 0 aliphatic heterocycles. The van der Waals surface area contributed by atoms with Gasteiger partial charge in [0.05, 0.1) is 20.4 Å². The van der Waals surface area contributed by atoms with Crippen LogP contribution in [0, 0.1) is 5.82 Å². The number of halogens is 5. The van der Waals surface area contributed by atoms with E-state index in [1.165, 1.54) is 25.4 Å². The van der Waals surface area contributed by atoms with E-state index in [0.717, 1.165) is 12.1 Å². The van der Waals surface area contributed by atoms with Crippen LogP contribution < -0.4 is 20.7 Å². The molecule has 0 unspecified atom stereocenters. The molecular weight excluding hydrogens is 468 g/mol. The first kappa shape index (κ1) is 19.8. The minimum absolute atomic E-state index is 0.0644. The van der Waals surface area contributed by atoms with Crippen molar-refractivity contribution in [3.8, 4) is 11.5 Å². The minimum atomic E-state index is -4.79. The summed E-state index contributed by atoms with van der Waals surface area (Å²) in [6, 6.07) is 1.09. The summed E-state index contributed by atoms with van der Waals surface area (Å²) in [5, 5.41) is 5.70. The van der Waals surface area contributed by atoms with Gasteiger partial charge >= 0.3 is 12.2 Å². The van der Waals surface area contributed by atoms with E-state index in [0.29, 0.717) is 6.07 Å². The summed E-state index contributed by atoms with van der Waals surface area (Å²) in [6.07, 6.45) is -3.59. The van der Waals surface area contributed by atoms with E-state index in [1.54, 1.807) is 0 Å². The maximum atomic E-state index is 14.9. The van der Waals surface area contributed by atoms with Gasteiger partial charge in [0.1, 0.15) is 23.0 Å². The smallest absolute Gasteiger partial charge is 0.417 e. The van der Waals surface area contributed by atoms with Crippen molar-refractivity contribution in [3.05, 3.63) is 76.8 Å². The van der Waals surface area contributed by atoms with Gasteiger partial charge in [-0.1, -0.05) is 11.6 Å². The molecule has 3 N–H and O–H groups in total. The number of amides is 3.